The molecule has 0 unspecified atom stereocenters. The number of benzene rings is 1. The maximum absolute atomic E-state index is 11.1. The average molecular weight is 317 g/mol. The summed E-state index contributed by atoms with van der Waals surface area (Å²) in [5, 5.41) is 11.7. The lowest BCUT2D eigenvalue weighted by atomic mass is 9.76. The Morgan fingerprint density at radius 3 is 2.17 bits per heavy atom. The Bertz CT molecular complexity index is 636. The lowest BCUT2D eigenvalue weighted by Crippen LogP contribution is -2.41. The monoisotopic (exact) mass is 317 g/mol. The molecule has 0 spiro atoms. The summed E-state index contributed by atoms with van der Waals surface area (Å²) >= 11 is 0. The molecule has 5 nitrogen and oxygen atoms in total. The van der Waals surface area contributed by atoms with E-state index >= 15 is 0 Å². The summed E-state index contributed by atoms with van der Waals surface area (Å²) in [5.41, 5.74) is 1.78. The van der Waals surface area contributed by atoms with Crippen LogP contribution in [0.25, 0.3) is 0 Å². The summed E-state index contributed by atoms with van der Waals surface area (Å²) < 4.78 is 12.2. The number of carbonyl (C=O) groups is 1. The predicted octanol–water partition coefficient (Wildman–Crippen LogP) is 2.55. The summed E-state index contributed by atoms with van der Waals surface area (Å²) in [6.07, 6.45) is 0.665. The average Bonchev–Trinajstić information content (AvgIpc) is 3.12. The first-order valence-electron chi connectivity index (χ1n) is 8.04. The van der Waals surface area contributed by atoms with Gasteiger partial charge in [0.25, 0.3) is 0 Å². The molecule has 1 aromatic carbocycles. The zero-order valence-electron chi connectivity index (χ0n) is 14.4. The molecule has 1 amide bonds. The second kappa shape index (κ2) is 4.98. The highest BCUT2D eigenvalue weighted by Gasteiger charge is 2.52. The number of nitrogens with one attached hydrogen (secondary N) is 1. The van der Waals surface area contributed by atoms with Gasteiger partial charge in [-0.3, -0.25) is 0 Å². The molecule has 2 N–H and O–H groups in total. The molecule has 3 rings (SSSR count). The van der Waals surface area contributed by atoms with Gasteiger partial charge in [0.1, 0.15) is 0 Å². The quantitative estimate of drug-likeness (QED) is 0.841. The van der Waals surface area contributed by atoms with Crippen LogP contribution in [0, 0.1) is 6.92 Å². The minimum absolute atomic E-state index is 0.391. The number of aryl methyl sites for hydroxylation is 1. The molecule has 23 heavy (non-hydrogen) atoms. The largest absolute Gasteiger partial charge is 0.494 e. The van der Waals surface area contributed by atoms with Crippen LogP contribution in [0.2, 0.25) is 0 Å². The van der Waals surface area contributed by atoms with Crippen LogP contribution in [0.3, 0.4) is 0 Å². The first-order chi connectivity index (χ1) is 10.5. The van der Waals surface area contributed by atoms with E-state index in [-0.39, 0.29) is 0 Å². The Morgan fingerprint density at radius 2 is 1.70 bits per heavy atom. The van der Waals surface area contributed by atoms with Gasteiger partial charge in [-0.2, -0.15) is 0 Å². The molecule has 124 valence electrons. The maximum Gasteiger partial charge on any atom is 0.494 e. The number of carboxylic acid groups (broad SMARTS) is 1. The highest BCUT2D eigenvalue weighted by atomic mass is 16.7. The Kier molecular flexibility index (Phi) is 3.54. The Morgan fingerprint density at radius 1 is 1.13 bits per heavy atom. The van der Waals surface area contributed by atoms with Gasteiger partial charge < -0.3 is 19.7 Å². The molecule has 6 heteroatoms. The highest BCUT2D eigenvalue weighted by Crippen LogP contribution is 2.45. The molecular formula is C17H24BNO4. The fraction of sp³-hybridized carbons (Fsp3) is 0.588. The number of rotatable bonds is 3. The normalized spacial score (nSPS) is 23.6. The summed E-state index contributed by atoms with van der Waals surface area (Å²) in [6, 6.07) is 6.10. The summed E-state index contributed by atoms with van der Waals surface area (Å²) in [4.78, 5) is 11.1. The second-order valence-electron chi connectivity index (χ2n) is 7.73. The van der Waals surface area contributed by atoms with Crippen LogP contribution in [-0.4, -0.2) is 29.5 Å². The van der Waals surface area contributed by atoms with Crippen molar-refractivity contribution in [2.24, 2.45) is 0 Å². The van der Waals surface area contributed by atoms with Crippen LogP contribution in [0.1, 0.15) is 51.7 Å². The van der Waals surface area contributed by atoms with Crippen LogP contribution >= 0.6 is 0 Å². The first-order valence-corrected chi connectivity index (χ1v) is 8.04. The zero-order chi connectivity index (χ0) is 17.0. The molecule has 0 radical (unpaired) electrons. The van der Waals surface area contributed by atoms with Crippen LogP contribution in [0.15, 0.2) is 18.2 Å². The minimum atomic E-state index is -0.985. The zero-order valence-corrected chi connectivity index (χ0v) is 14.4. The molecule has 1 aliphatic heterocycles. The van der Waals surface area contributed by atoms with Gasteiger partial charge in [0.2, 0.25) is 0 Å². The highest BCUT2D eigenvalue weighted by molar-refractivity contribution is 6.62. The predicted molar refractivity (Wildman–Crippen MR) is 89.0 cm³/mol. The molecule has 2 aliphatic rings. The lowest BCUT2D eigenvalue weighted by Gasteiger charge is -2.32. The molecule has 0 bridgehead atoms. The summed E-state index contributed by atoms with van der Waals surface area (Å²) in [6.45, 7) is 10.1. The van der Waals surface area contributed by atoms with E-state index in [0.717, 1.165) is 29.4 Å². The molecular weight excluding hydrogens is 293 g/mol. The Hall–Kier alpha value is -1.53. The molecule has 0 atom stereocenters. The van der Waals surface area contributed by atoms with Crippen molar-refractivity contribution in [3.05, 3.63) is 29.3 Å². The third kappa shape index (κ3) is 2.86. The topological polar surface area (TPSA) is 67.8 Å². The Labute approximate surface area is 137 Å². The van der Waals surface area contributed by atoms with E-state index in [0.29, 0.717) is 0 Å². The number of hydrogen-bond acceptors (Lipinski definition) is 3. The third-order valence-corrected chi connectivity index (χ3v) is 5.27. The van der Waals surface area contributed by atoms with E-state index in [9.17, 15) is 4.79 Å². The van der Waals surface area contributed by atoms with Crippen LogP contribution < -0.4 is 10.8 Å². The maximum atomic E-state index is 11.1. The molecule has 1 saturated heterocycles. The van der Waals surface area contributed by atoms with Crippen molar-refractivity contribution in [2.45, 2.75) is 64.2 Å². The van der Waals surface area contributed by atoms with Gasteiger partial charge in [-0.1, -0.05) is 23.8 Å². The SMILES string of the molecule is Cc1cc(B2OC(C)(C)C(C)(C)O2)cc(C2(NC(=O)O)CC2)c1. The third-order valence-electron chi connectivity index (χ3n) is 5.27. The smallest absolute Gasteiger partial charge is 0.465 e. The van der Waals surface area contributed by atoms with Crippen molar-refractivity contribution in [2.75, 3.05) is 0 Å². The minimum Gasteiger partial charge on any atom is -0.465 e. The van der Waals surface area contributed by atoms with Crippen LogP contribution in [0.4, 0.5) is 4.79 Å². The fourth-order valence-corrected chi connectivity index (χ4v) is 3.02. The lowest BCUT2D eigenvalue weighted by molar-refractivity contribution is 0.00578. The van der Waals surface area contributed by atoms with Crippen molar-refractivity contribution in [3.8, 4) is 0 Å². The van der Waals surface area contributed by atoms with Gasteiger partial charge in [0.15, 0.2) is 0 Å². The second-order valence-corrected chi connectivity index (χ2v) is 7.73. The van der Waals surface area contributed by atoms with Gasteiger partial charge >= 0.3 is 13.2 Å². The van der Waals surface area contributed by atoms with Crippen molar-refractivity contribution in [1.82, 2.24) is 5.32 Å². The molecule has 1 aliphatic carbocycles. The van der Waals surface area contributed by atoms with Crippen molar-refractivity contribution in [3.63, 3.8) is 0 Å². The summed E-state index contributed by atoms with van der Waals surface area (Å²) in [7, 11) is -0.431. The molecule has 1 aromatic rings. The van der Waals surface area contributed by atoms with E-state index in [1.54, 1.807) is 0 Å². The molecule has 0 aromatic heterocycles. The van der Waals surface area contributed by atoms with E-state index < -0.39 is 30.0 Å². The number of amides is 1. The standard InChI is InChI=1S/C17H24BNO4/c1-11-8-12(17(6-7-17)19-14(20)21)10-13(9-11)18-22-15(2,3)16(4,5)23-18/h8-10,19H,6-7H2,1-5H3,(H,20,21). The molecule has 2 fully saturated rings. The number of hydrogen-bond donors (Lipinski definition) is 2. The van der Waals surface area contributed by atoms with Gasteiger partial charge in [-0.05, 0) is 58.5 Å². The van der Waals surface area contributed by atoms with E-state index in [4.69, 9.17) is 14.4 Å². The van der Waals surface area contributed by atoms with Gasteiger partial charge in [-0.25, -0.2) is 4.79 Å². The molecule has 1 heterocycles. The van der Waals surface area contributed by atoms with E-state index in [1.807, 2.05) is 52.8 Å². The Balaban J connectivity index is 1.92. The fourth-order valence-electron chi connectivity index (χ4n) is 3.02. The van der Waals surface area contributed by atoms with E-state index in [2.05, 4.69) is 5.32 Å². The van der Waals surface area contributed by atoms with Crippen LogP contribution in [0.5, 0.6) is 0 Å². The van der Waals surface area contributed by atoms with Gasteiger partial charge in [-0.15, -0.1) is 0 Å². The van der Waals surface area contributed by atoms with E-state index in [1.165, 1.54) is 0 Å². The van der Waals surface area contributed by atoms with Crippen molar-refractivity contribution >= 4 is 18.7 Å². The van der Waals surface area contributed by atoms with Crippen molar-refractivity contribution < 1.29 is 19.2 Å². The van der Waals surface area contributed by atoms with Crippen LogP contribution in [-0.2, 0) is 14.8 Å². The van der Waals surface area contributed by atoms with Gasteiger partial charge in [0.05, 0.1) is 16.7 Å². The first kappa shape index (κ1) is 16.3. The molecule has 1 saturated carbocycles. The van der Waals surface area contributed by atoms with Crippen molar-refractivity contribution in [1.29, 1.82) is 0 Å². The van der Waals surface area contributed by atoms with Gasteiger partial charge in [0, 0.05) is 0 Å². The summed E-state index contributed by atoms with van der Waals surface area (Å²) in [5.74, 6) is 0.